The van der Waals surface area contributed by atoms with Gasteiger partial charge in [0.25, 0.3) is 0 Å². The van der Waals surface area contributed by atoms with Gasteiger partial charge >= 0.3 is 0 Å². The Labute approximate surface area is 83.9 Å². The van der Waals surface area contributed by atoms with E-state index in [-0.39, 0.29) is 11.9 Å². The van der Waals surface area contributed by atoms with E-state index in [1.807, 2.05) is 13.8 Å². The minimum atomic E-state index is -0.246. The summed E-state index contributed by atoms with van der Waals surface area (Å²) in [6.45, 7) is 4.37. The highest BCUT2D eigenvalue weighted by molar-refractivity contribution is 5.34. The van der Waals surface area contributed by atoms with Crippen molar-refractivity contribution in [2.24, 2.45) is 5.73 Å². The van der Waals surface area contributed by atoms with Gasteiger partial charge in [-0.2, -0.15) is 0 Å². The minimum Gasteiger partial charge on any atom is -0.494 e. The van der Waals surface area contributed by atoms with Crippen LogP contribution in [0.2, 0.25) is 0 Å². The monoisotopic (exact) mass is 197 g/mol. The fourth-order valence-corrected chi connectivity index (χ4v) is 1.35. The zero-order valence-electron chi connectivity index (χ0n) is 8.59. The molecule has 0 aliphatic rings. The van der Waals surface area contributed by atoms with Crippen molar-refractivity contribution in [1.82, 2.24) is 0 Å². The maximum absolute atomic E-state index is 12.9. The lowest BCUT2D eigenvalue weighted by atomic mass is 10.1. The third-order valence-corrected chi connectivity index (χ3v) is 1.86. The maximum atomic E-state index is 12.9. The lowest BCUT2D eigenvalue weighted by molar-refractivity contribution is 0.335. The highest BCUT2D eigenvalue weighted by atomic mass is 19.1. The molecule has 0 bridgehead atoms. The van der Waals surface area contributed by atoms with Crippen LogP contribution in [0.5, 0.6) is 5.75 Å². The predicted octanol–water partition coefficient (Wildman–Crippen LogP) is 2.11. The largest absolute Gasteiger partial charge is 0.494 e. The predicted molar refractivity (Wildman–Crippen MR) is 54.9 cm³/mol. The van der Waals surface area contributed by atoms with Gasteiger partial charge in [-0.15, -0.1) is 0 Å². The third-order valence-electron chi connectivity index (χ3n) is 1.86. The van der Waals surface area contributed by atoms with E-state index < -0.39 is 0 Å². The summed E-state index contributed by atoms with van der Waals surface area (Å²) in [4.78, 5) is 0. The summed E-state index contributed by atoms with van der Waals surface area (Å²) in [5.41, 5.74) is 6.50. The van der Waals surface area contributed by atoms with Gasteiger partial charge in [0.05, 0.1) is 6.61 Å². The smallest absolute Gasteiger partial charge is 0.123 e. The fraction of sp³-hybridized carbons (Fsp3) is 0.455. The lowest BCUT2D eigenvalue weighted by Gasteiger charge is -2.11. The first-order chi connectivity index (χ1) is 6.63. The molecule has 0 saturated carbocycles. The van der Waals surface area contributed by atoms with Crippen LogP contribution in [0.3, 0.4) is 0 Å². The molecular weight excluding hydrogens is 181 g/mol. The number of halogens is 1. The second-order valence-corrected chi connectivity index (χ2v) is 3.37. The molecule has 1 aromatic rings. The second kappa shape index (κ2) is 4.96. The van der Waals surface area contributed by atoms with Gasteiger partial charge in [0.1, 0.15) is 11.6 Å². The van der Waals surface area contributed by atoms with Crippen LogP contribution in [0, 0.1) is 5.82 Å². The summed E-state index contributed by atoms with van der Waals surface area (Å²) in [5, 5.41) is 0. The van der Waals surface area contributed by atoms with Gasteiger partial charge in [-0.05, 0) is 44.0 Å². The van der Waals surface area contributed by atoms with E-state index in [1.54, 1.807) is 6.07 Å². The van der Waals surface area contributed by atoms with Gasteiger partial charge in [-0.1, -0.05) is 0 Å². The van der Waals surface area contributed by atoms with Crippen LogP contribution in [0.1, 0.15) is 19.4 Å². The molecule has 0 radical (unpaired) electrons. The fourth-order valence-electron chi connectivity index (χ4n) is 1.35. The zero-order chi connectivity index (χ0) is 10.6. The van der Waals surface area contributed by atoms with Crippen LogP contribution in [-0.2, 0) is 6.42 Å². The molecule has 2 N–H and O–H groups in total. The number of hydrogen-bond acceptors (Lipinski definition) is 2. The summed E-state index contributed by atoms with van der Waals surface area (Å²) in [7, 11) is 0. The maximum Gasteiger partial charge on any atom is 0.123 e. The molecule has 0 amide bonds. The number of benzene rings is 1. The van der Waals surface area contributed by atoms with Crippen molar-refractivity contribution < 1.29 is 9.13 Å². The molecule has 14 heavy (non-hydrogen) atoms. The van der Waals surface area contributed by atoms with Gasteiger partial charge < -0.3 is 10.5 Å². The molecular formula is C11H16FNO. The van der Waals surface area contributed by atoms with Crippen LogP contribution >= 0.6 is 0 Å². The van der Waals surface area contributed by atoms with Gasteiger partial charge in [0.2, 0.25) is 0 Å². The van der Waals surface area contributed by atoms with Crippen molar-refractivity contribution >= 4 is 0 Å². The van der Waals surface area contributed by atoms with Gasteiger partial charge in [0, 0.05) is 6.04 Å². The van der Waals surface area contributed by atoms with E-state index in [0.717, 1.165) is 11.3 Å². The molecule has 1 unspecified atom stereocenters. The molecule has 1 aromatic carbocycles. The minimum absolute atomic E-state index is 0.0102. The van der Waals surface area contributed by atoms with Crippen molar-refractivity contribution in [3.05, 3.63) is 29.6 Å². The molecule has 2 nitrogen and oxygen atoms in total. The molecule has 0 saturated heterocycles. The van der Waals surface area contributed by atoms with Crippen molar-refractivity contribution in [2.45, 2.75) is 26.3 Å². The van der Waals surface area contributed by atoms with Crippen LogP contribution in [0.15, 0.2) is 18.2 Å². The summed E-state index contributed by atoms with van der Waals surface area (Å²) >= 11 is 0. The average molecular weight is 197 g/mol. The Kier molecular flexibility index (Phi) is 3.89. The van der Waals surface area contributed by atoms with Gasteiger partial charge in [0.15, 0.2) is 0 Å². The summed E-state index contributed by atoms with van der Waals surface area (Å²) < 4.78 is 18.3. The number of nitrogens with two attached hydrogens (primary N) is 1. The van der Waals surface area contributed by atoms with Crippen molar-refractivity contribution in [1.29, 1.82) is 0 Å². The van der Waals surface area contributed by atoms with Crippen LogP contribution in [-0.4, -0.2) is 12.6 Å². The van der Waals surface area contributed by atoms with E-state index >= 15 is 0 Å². The Morgan fingerprint density at radius 2 is 2.21 bits per heavy atom. The second-order valence-electron chi connectivity index (χ2n) is 3.37. The number of ether oxygens (including phenoxy) is 1. The molecule has 0 aromatic heterocycles. The molecule has 0 heterocycles. The Morgan fingerprint density at radius 1 is 1.50 bits per heavy atom. The quantitative estimate of drug-likeness (QED) is 0.802. The molecule has 1 rings (SSSR count). The van der Waals surface area contributed by atoms with E-state index in [9.17, 15) is 4.39 Å². The lowest BCUT2D eigenvalue weighted by Crippen LogP contribution is -2.18. The number of hydrogen-bond donors (Lipinski definition) is 1. The first-order valence-electron chi connectivity index (χ1n) is 4.80. The third kappa shape index (κ3) is 3.00. The molecule has 3 heteroatoms. The molecule has 0 spiro atoms. The summed E-state index contributed by atoms with van der Waals surface area (Å²) in [6.07, 6.45) is 0.632. The first-order valence-corrected chi connectivity index (χ1v) is 4.80. The Bertz CT molecular complexity index is 299. The zero-order valence-corrected chi connectivity index (χ0v) is 8.59. The Hall–Kier alpha value is -1.09. The average Bonchev–Trinajstić information content (AvgIpc) is 2.09. The summed E-state index contributed by atoms with van der Waals surface area (Å²) in [5.74, 6) is 0.482. The molecule has 0 fully saturated rings. The molecule has 0 aliphatic carbocycles. The van der Waals surface area contributed by atoms with Crippen LogP contribution < -0.4 is 10.5 Å². The van der Waals surface area contributed by atoms with Gasteiger partial charge in [-0.25, -0.2) is 4.39 Å². The highest BCUT2D eigenvalue weighted by Crippen LogP contribution is 2.20. The molecule has 78 valence electrons. The topological polar surface area (TPSA) is 35.2 Å². The van der Waals surface area contributed by atoms with Crippen molar-refractivity contribution in [2.75, 3.05) is 6.61 Å². The van der Waals surface area contributed by atoms with Gasteiger partial charge in [-0.3, -0.25) is 0 Å². The van der Waals surface area contributed by atoms with Crippen LogP contribution in [0.25, 0.3) is 0 Å². The SMILES string of the molecule is CCOc1ccc(F)cc1CC(C)N. The van der Waals surface area contributed by atoms with Crippen molar-refractivity contribution in [3.63, 3.8) is 0 Å². The normalized spacial score (nSPS) is 12.6. The Balaban J connectivity index is 2.90. The Morgan fingerprint density at radius 3 is 2.79 bits per heavy atom. The van der Waals surface area contributed by atoms with Crippen LogP contribution in [0.4, 0.5) is 4.39 Å². The standard InChI is InChI=1S/C11H16FNO/c1-3-14-11-5-4-10(12)7-9(11)6-8(2)13/h4-5,7-8H,3,6,13H2,1-2H3. The molecule has 0 aliphatic heterocycles. The van der Waals surface area contributed by atoms with E-state index in [1.165, 1.54) is 12.1 Å². The highest BCUT2D eigenvalue weighted by Gasteiger charge is 2.06. The molecule has 1 atom stereocenters. The van der Waals surface area contributed by atoms with Crippen molar-refractivity contribution in [3.8, 4) is 5.75 Å². The number of rotatable bonds is 4. The van der Waals surface area contributed by atoms with E-state index in [2.05, 4.69) is 0 Å². The van der Waals surface area contributed by atoms with E-state index in [4.69, 9.17) is 10.5 Å². The van der Waals surface area contributed by atoms with E-state index in [0.29, 0.717) is 13.0 Å². The summed E-state index contributed by atoms with van der Waals surface area (Å²) in [6, 6.07) is 4.54. The first kappa shape index (κ1) is 11.0.